The molecular formula is C35H47N3O6Si. The topological polar surface area (TPSA) is 120 Å². The van der Waals surface area contributed by atoms with E-state index in [1.165, 1.54) is 0 Å². The van der Waals surface area contributed by atoms with Crippen LogP contribution in [0.25, 0.3) is 16.5 Å². The van der Waals surface area contributed by atoms with Crippen molar-refractivity contribution in [3.05, 3.63) is 99.0 Å². The van der Waals surface area contributed by atoms with E-state index in [-0.39, 0.29) is 12.0 Å². The molecule has 9 nitrogen and oxygen atoms in total. The highest BCUT2D eigenvalue weighted by atomic mass is 28.3. The number of azide groups is 1. The zero-order chi connectivity index (χ0) is 33.2. The first-order valence-corrected chi connectivity index (χ1v) is 19.2. The van der Waals surface area contributed by atoms with E-state index in [9.17, 15) is 9.59 Å². The number of carbonyl (C=O) groups excluding carboxylic acids is 2. The van der Waals surface area contributed by atoms with E-state index in [1.807, 2.05) is 71.0 Å². The number of benzene rings is 2. The lowest BCUT2D eigenvalue weighted by Gasteiger charge is -2.24. The Morgan fingerprint density at radius 1 is 1.09 bits per heavy atom. The largest absolute Gasteiger partial charge is 0.462 e. The van der Waals surface area contributed by atoms with Gasteiger partial charge in [0.2, 0.25) is 0 Å². The Labute approximate surface area is 268 Å². The van der Waals surface area contributed by atoms with Crippen LogP contribution in [0.2, 0.25) is 25.7 Å². The van der Waals surface area contributed by atoms with Crippen molar-refractivity contribution in [1.82, 2.24) is 0 Å². The summed E-state index contributed by atoms with van der Waals surface area (Å²) >= 11 is 0. The van der Waals surface area contributed by atoms with Crippen molar-refractivity contribution in [1.29, 1.82) is 0 Å². The monoisotopic (exact) mass is 633 g/mol. The van der Waals surface area contributed by atoms with Gasteiger partial charge in [-0.25, -0.2) is 9.59 Å². The maximum absolute atomic E-state index is 13.2. The van der Waals surface area contributed by atoms with Crippen LogP contribution >= 0.6 is 0 Å². The smallest absolute Gasteiger partial charge is 0.338 e. The predicted molar refractivity (Wildman–Crippen MR) is 180 cm³/mol. The summed E-state index contributed by atoms with van der Waals surface area (Å²) in [7, 11) is -1.35. The van der Waals surface area contributed by atoms with Gasteiger partial charge in [0.05, 0.1) is 23.8 Å². The minimum absolute atomic E-state index is 0.262. The Balaban J connectivity index is 1.85. The number of nitrogens with zero attached hydrogens (tertiary/aromatic N) is 3. The molecule has 10 heteroatoms. The van der Waals surface area contributed by atoms with Gasteiger partial charge in [-0.2, -0.15) is 0 Å². The molecule has 45 heavy (non-hydrogen) atoms. The van der Waals surface area contributed by atoms with Crippen molar-refractivity contribution in [3.8, 4) is 0 Å². The fraction of sp³-hybridized carbons (Fsp3) is 0.486. The van der Waals surface area contributed by atoms with E-state index in [1.54, 1.807) is 30.3 Å². The standard InChI is InChI=1S/C35H47N3O6Si/c1-24-22-25(2)31(34(40)41-20-21-45(6,7)8)28(23-24)17-13-19-30-32(44-35(4,5)43-30)29(18-12-14-26(3)37-38-36)42-33(39)27-15-10-9-11-16-27/h9-13,15-18,22-23,26,29-30,32H,14,19-21H2,1-8H3/b17-13+,18-12-/t26-,29?,30-,32?/m0/s1. The average Bonchev–Trinajstić information content (AvgIpc) is 3.25. The highest BCUT2D eigenvalue weighted by Crippen LogP contribution is 2.34. The average molecular weight is 634 g/mol. The van der Waals surface area contributed by atoms with E-state index >= 15 is 0 Å². The number of hydrogen-bond acceptors (Lipinski definition) is 7. The van der Waals surface area contributed by atoms with Gasteiger partial charge in [-0.15, -0.1) is 0 Å². The maximum atomic E-state index is 13.2. The molecule has 2 aromatic rings. The molecule has 1 aliphatic heterocycles. The number of aryl methyl sites for hydroxylation is 2. The Morgan fingerprint density at radius 3 is 2.47 bits per heavy atom. The molecule has 2 aromatic carbocycles. The number of carbonyl (C=O) groups is 2. The molecule has 0 bridgehead atoms. The van der Waals surface area contributed by atoms with Crippen molar-refractivity contribution in [2.45, 2.75) is 103 Å². The predicted octanol–water partition coefficient (Wildman–Crippen LogP) is 8.59. The number of ether oxygens (including phenoxy) is 4. The van der Waals surface area contributed by atoms with Gasteiger partial charge >= 0.3 is 11.9 Å². The van der Waals surface area contributed by atoms with Gasteiger partial charge in [0.1, 0.15) is 12.2 Å². The van der Waals surface area contributed by atoms with Crippen LogP contribution in [0.4, 0.5) is 0 Å². The van der Waals surface area contributed by atoms with E-state index in [2.05, 4.69) is 29.7 Å². The molecular weight excluding hydrogens is 586 g/mol. The van der Waals surface area contributed by atoms with Gasteiger partial charge < -0.3 is 18.9 Å². The normalized spacial score (nSPS) is 19.3. The summed E-state index contributed by atoms with van der Waals surface area (Å²) in [4.78, 5) is 29.1. The minimum atomic E-state index is -1.35. The summed E-state index contributed by atoms with van der Waals surface area (Å²) in [6.45, 7) is 16.5. The second kappa shape index (κ2) is 16.0. The first-order valence-electron chi connectivity index (χ1n) is 15.5. The molecule has 2 unspecified atom stereocenters. The Morgan fingerprint density at radius 2 is 1.80 bits per heavy atom. The number of hydrogen-bond donors (Lipinski definition) is 0. The van der Waals surface area contributed by atoms with Gasteiger partial charge in [0.25, 0.3) is 0 Å². The summed E-state index contributed by atoms with van der Waals surface area (Å²) in [6, 6.07) is 13.4. The summed E-state index contributed by atoms with van der Waals surface area (Å²) in [5.41, 5.74) is 12.4. The third kappa shape index (κ3) is 11.3. The summed E-state index contributed by atoms with van der Waals surface area (Å²) in [5, 5.41) is 3.72. The van der Waals surface area contributed by atoms with E-state index < -0.39 is 38.1 Å². The second-order valence-corrected chi connectivity index (χ2v) is 18.8. The fourth-order valence-corrected chi connectivity index (χ4v) is 5.83. The lowest BCUT2D eigenvalue weighted by atomic mass is 9.97. The molecule has 1 heterocycles. The van der Waals surface area contributed by atoms with Crippen LogP contribution in [-0.2, 0) is 18.9 Å². The molecule has 1 fully saturated rings. The van der Waals surface area contributed by atoms with Crippen LogP contribution in [0.3, 0.4) is 0 Å². The van der Waals surface area contributed by atoms with Crippen molar-refractivity contribution in [2.75, 3.05) is 6.61 Å². The number of rotatable bonds is 14. The molecule has 0 saturated carbocycles. The quantitative estimate of drug-likeness (QED) is 0.0513. The molecule has 1 aliphatic rings. The lowest BCUT2D eigenvalue weighted by molar-refractivity contribution is -0.152. The zero-order valence-electron chi connectivity index (χ0n) is 27.8. The van der Waals surface area contributed by atoms with Crippen LogP contribution in [0.15, 0.2) is 65.8 Å². The lowest BCUT2D eigenvalue weighted by Crippen LogP contribution is -2.37. The van der Waals surface area contributed by atoms with Gasteiger partial charge in [-0.3, -0.25) is 0 Å². The molecule has 0 spiro atoms. The third-order valence-electron chi connectivity index (χ3n) is 7.32. The van der Waals surface area contributed by atoms with Crippen molar-refractivity contribution in [3.63, 3.8) is 0 Å². The summed E-state index contributed by atoms with van der Waals surface area (Å²) in [6.07, 6.45) is 6.54. The highest BCUT2D eigenvalue weighted by Gasteiger charge is 2.45. The molecule has 0 N–H and O–H groups in total. The van der Waals surface area contributed by atoms with Gasteiger partial charge in [0, 0.05) is 19.0 Å². The van der Waals surface area contributed by atoms with Crippen LogP contribution in [0, 0.1) is 13.8 Å². The van der Waals surface area contributed by atoms with Gasteiger partial charge in [-0.1, -0.05) is 85.8 Å². The Hall–Kier alpha value is -3.69. The van der Waals surface area contributed by atoms with Gasteiger partial charge in [0.15, 0.2) is 5.79 Å². The zero-order valence-corrected chi connectivity index (χ0v) is 28.8. The first kappa shape index (κ1) is 35.8. The maximum Gasteiger partial charge on any atom is 0.338 e. The van der Waals surface area contributed by atoms with E-state index in [0.29, 0.717) is 30.6 Å². The third-order valence-corrected chi connectivity index (χ3v) is 9.02. The summed E-state index contributed by atoms with van der Waals surface area (Å²) < 4.78 is 24.3. The molecule has 1 saturated heterocycles. The highest BCUT2D eigenvalue weighted by molar-refractivity contribution is 6.76. The first-order chi connectivity index (χ1) is 21.2. The molecule has 0 aliphatic carbocycles. The van der Waals surface area contributed by atoms with Crippen LogP contribution in [-0.4, -0.2) is 56.8 Å². The number of esters is 2. The molecule has 4 atom stereocenters. The fourth-order valence-electron chi connectivity index (χ4n) is 5.11. The molecule has 0 radical (unpaired) electrons. The van der Waals surface area contributed by atoms with Crippen molar-refractivity contribution in [2.24, 2.45) is 5.11 Å². The van der Waals surface area contributed by atoms with E-state index in [0.717, 1.165) is 22.7 Å². The second-order valence-electron chi connectivity index (χ2n) is 13.2. The summed E-state index contributed by atoms with van der Waals surface area (Å²) in [5.74, 6) is -1.72. The van der Waals surface area contributed by atoms with Gasteiger partial charge in [-0.05, 0) is 81.4 Å². The molecule has 0 amide bonds. The molecule has 242 valence electrons. The molecule has 0 aromatic heterocycles. The Kier molecular flexibility index (Phi) is 12.8. The van der Waals surface area contributed by atoms with Crippen LogP contribution < -0.4 is 0 Å². The van der Waals surface area contributed by atoms with E-state index in [4.69, 9.17) is 24.5 Å². The molecule has 3 rings (SSSR count). The van der Waals surface area contributed by atoms with Crippen LogP contribution in [0.1, 0.15) is 71.0 Å². The Bertz CT molecular complexity index is 1430. The van der Waals surface area contributed by atoms with Crippen LogP contribution in [0.5, 0.6) is 0 Å². The van der Waals surface area contributed by atoms with Crippen molar-refractivity contribution >= 4 is 26.1 Å². The SMILES string of the molecule is Cc1cc(C)c(C(=O)OCC[Si](C)(C)C)c(/C=C/C[C@@H]2OC(C)(C)OC2C(/C=C\C[C@H](C)N=[N+]=[N-])OC(=O)c2ccccc2)c1. The minimum Gasteiger partial charge on any atom is -0.462 e. The van der Waals surface area contributed by atoms with Crippen molar-refractivity contribution < 1.29 is 28.5 Å².